The van der Waals surface area contributed by atoms with Gasteiger partial charge in [-0.3, -0.25) is 4.79 Å². The van der Waals surface area contributed by atoms with E-state index in [9.17, 15) is 13.2 Å². The molecule has 0 radical (unpaired) electrons. The second-order valence-electron chi connectivity index (χ2n) is 6.40. The maximum absolute atomic E-state index is 12.6. The molecule has 9 nitrogen and oxygen atoms in total. The highest BCUT2D eigenvalue weighted by Crippen LogP contribution is 2.17. The molecule has 0 unspecified atom stereocenters. The zero-order valence-electron chi connectivity index (χ0n) is 14.2. The van der Waals surface area contributed by atoms with Crippen molar-refractivity contribution < 1.29 is 8.42 Å². The molecule has 1 fully saturated rings. The Morgan fingerprint density at radius 1 is 1.36 bits per heavy atom. The van der Waals surface area contributed by atoms with Crippen LogP contribution in [-0.2, 0) is 10.0 Å². The Kier molecular flexibility index (Phi) is 4.91. The molecule has 10 heteroatoms. The summed E-state index contributed by atoms with van der Waals surface area (Å²) in [6.07, 6.45) is 7.50. The minimum atomic E-state index is -3.70. The summed E-state index contributed by atoms with van der Waals surface area (Å²) in [6, 6.07) is -0.165. The molecule has 1 aliphatic heterocycles. The normalized spacial score (nSPS) is 18.7. The van der Waals surface area contributed by atoms with Gasteiger partial charge in [0.15, 0.2) is 10.8 Å². The molecule has 0 aliphatic carbocycles. The first kappa shape index (κ1) is 17.6. The molecule has 2 aromatic rings. The number of imidazole rings is 1. The van der Waals surface area contributed by atoms with Crippen molar-refractivity contribution in [1.82, 2.24) is 24.2 Å². The van der Waals surface area contributed by atoms with Crippen molar-refractivity contribution in [3.05, 3.63) is 35.3 Å². The van der Waals surface area contributed by atoms with Gasteiger partial charge in [0, 0.05) is 43.8 Å². The Labute approximate surface area is 146 Å². The van der Waals surface area contributed by atoms with Crippen LogP contribution in [0.25, 0.3) is 0 Å². The number of nitrogens with one attached hydrogen (secondary N) is 2. The average molecular weight is 366 g/mol. The smallest absolute Gasteiger partial charge is 0.290 e. The van der Waals surface area contributed by atoms with Crippen LogP contribution in [0.4, 0.5) is 5.82 Å². The number of aromatic nitrogens is 4. The Morgan fingerprint density at radius 2 is 2.16 bits per heavy atom. The van der Waals surface area contributed by atoms with Crippen LogP contribution in [0.3, 0.4) is 0 Å². The Balaban J connectivity index is 1.73. The second kappa shape index (κ2) is 6.96. The molecular weight excluding hydrogens is 344 g/mol. The molecule has 0 saturated carbocycles. The van der Waals surface area contributed by atoms with Gasteiger partial charge in [-0.15, -0.1) is 0 Å². The standard InChI is InChI=1S/C15H22N6O3S/c1-11(2)21-9-13(18-10-21)25(23,24)19-12-4-3-7-20(8-12)14-15(22)17-6-5-16-14/h5-6,9-12,19H,3-4,7-8H2,1-2H3,(H,17,22)/t12-/m0/s1. The SMILES string of the molecule is CC(C)n1cnc(S(=O)(=O)N[C@H]2CCCN(c3ncc[nH]c3=O)C2)c1. The topological polar surface area (TPSA) is 113 Å². The molecular formula is C15H22N6O3S. The van der Waals surface area contributed by atoms with E-state index < -0.39 is 10.0 Å². The minimum Gasteiger partial charge on any atom is -0.350 e. The first-order chi connectivity index (χ1) is 11.9. The third kappa shape index (κ3) is 3.90. The minimum absolute atomic E-state index is 0.00834. The lowest BCUT2D eigenvalue weighted by Gasteiger charge is -2.32. The van der Waals surface area contributed by atoms with Gasteiger partial charge in [-0.05, 0) is 26.7 Å². The highest BCUT2D eigenvalue weighted by atomic mass is 32.2. The number of anilines is 1. The molecule has 0 aromatic carbocycles. The van der Waals surface area contributed by atoms with Gasteiger partial charge in [0.1, 0.15) is 0 Å². The highest BCUT2D eigenvalue weighted by Gasteiger charge is 2.28. The van der Waals surface area contributed by atoms with Gasteiger partial charge in [-0.25, -0.2) is 23.1 Å². The van der Waals surface area contributed by atoms with Gasteiger partial charge in [0.2, 0.25) is 0 Å². The molecule has 136 valence electrons. The van der Waals surface area contributed by atoms with Crippen LogP contribution in [0.1, 0.15) is 32.7 Å². The van der Waals surface area contributed by atoms with Crippen LogP contribution in [0.2, 0.25) is 0 Å². The van der Waals surface area contributed by atoms with Gasteiger partial charge in [-0.2, -0.15) is 0 Å². The van der Waals surface area contributed by atoms with E-state index in [4.69, 9.17) is 0 Å². The summed E-state index contributed by atoms with van der Waals surface area (Å²) >= 11 is 0. The lowest BCUT2D eigenvalue weighted by Crippen LogP contribution is -2.49. The van der Waals surface area contributed by atoms with Crippen molar-refractivity contribution in [2.45, 2.75) is 43.8 Å². The molecule has 2 N–H and O–H groups in total. The molecule has 0 amide bonds. The second-order valence-corrected chi connectivity index (χ2v) is 8.06. The van der Waals surface area contributed by atoms with Gasteiger partial charge in [0.05, 0.1) is 6.33 Å². The van der Waals surface area contributed by atoms with Gasteiger partial charge in [-0.1, -0.05) is 0 Å². The largest absolute Gasteiger partial charge is 0.350 e. The van der Waals surface area contributed by atoms with Crippen molar-refractivity contribution in [1.29, 1.82) is 0 Å². The number of aromatic amines is 1. The molecule has 0 spiro atoms. The predicted molar refractivity (Wildman–Crippen MR) is 93.0 cm³/mol. The van der Waals surface area contributed by atoms with E-state index in [2.05, 4.69) is 19.7 Å². The molecule has 3 heterocycles. The average Bonchev–Trinajstić information content (AvgIpc) is 3.06. The van der Waals surface area contributed by atoms with Crippen molar-refractivity contribution >= 4 is 15.8 Å². The van der Waals surface area contributed by atoms with E-state index in [1.165, 1.54) is 24.9 Å². The Hall–Kier alpha value is -2.20. The van der Waals surface area contributed by atoms with E-state index in [1.54, 1.807) is 4.57 Å². The zero-order chi connectivity index (χ0) is 18.0. The summed E-state index contributed by atoms with van der Waals surface area (Å²) < 4.78 is 29.6. The van der Waals surface area contributed by atoms with Crippen LogP contribution in [0.15, 0.2) is 34.7 Å². The third-order valence-electron chi connectivity index (χ3n) is 4.18. The van der Waals surface area contributed by atoms with Crippen molar-refractivity contribution in [3.63, 3.8) is 0 Å². The molecule has 1 atom stereocenters. The van der Waals surface area contributed by atoms with Crippen LogP contribution >= 0.6 is 0 Å². The Bertz CT molecular complexity index is 888. The van der Waals surface area contributed by atoms with Crippen LogP contribution in [0, 0.1) is 0 Å². The summed E-state index contributed by atoms with van der Waals surface area (Å²) in [5.41, 5.74) is -0.276. The zero-order valence-corrected chi connectivity index (χ0v) is 15.0. The summed E-state index contributed by atoms with van der Waals surface area (Å²) in [7, 11) is -3.70. The fraction of sp³-hybridized carbons (Fsp3) is 0.533. The first-order valence-electron chi connectivity index (χ1n) is 8.21. The fourth-order valence-corrected chi connectivity index (χ4v) is 4.05. The number of nitrogens with zero attached hydrogens (tertiary/aromatic N) is 4. The number of sulfonamides is 1. The third-order valence-corrected chi connectivity index (χ3v) is 5.59. The van der Waals surface area contributed by atoms with E-state index in [-0.39, 0.29) is 22.7 Å². The maximum atomic E-state index is 12.6. The summed E-state index contributed by atoms with van der Waals surface area (Å²) in [6.45, 7) is 4.97. The van der Waals surface area contributed by atoms with E-state index in [0.29, 0.717) is 25.3 Å². The molecule has 1 saturated heterocycles. The van der Waals surface area contributed by atoms with Crippen molar-refractivity contribution in [2.75, 3.05) is 18.0 Å². The van der Waals surface area contributed by atoms with E-state index in [1.807, 2.05) is 18.7 Å². The van der Waals surface area contributed by atoms with Crippen LogP contribution in [-0.4, -0.2) is 47.1 Å². The molecule has 0 bridgehead atoms. The van der Waals surface area contributed by atoms with E-state index in [0.717, 1.165) is 6.42 Å². The van der Waals surface area contributed by atoms with Gasteiger partial charge in [0.25, 0.3) is 15.6 Å². The molecule has 1 aliphatic rings. The van der Waals surface area contributed by atoms with Crippen molar-refractivity contribution in [3.8, 4) is 0 Å². The first-order valence-corrected chi connectivity index (χ1v) is 9.69. The van der Waals surface area contributed by atoms with Crippen molar-refractivity contribution in [2.24, 2.45) is 0 Å². The molecule has 2 aromatic heterocycles. The highest BCUT2D eigenvalue weighted by molar-refractivity contribution is 7.89. The summed E-state index contributed by atoms with van der Waals surface area (Å²) in [5.74, 6) is 0.315. The maximum Gasteiger partial charge on any atom is 0.290 e. The van der Waals surface area contributed by atoms with Crippen LogP contribution < -0.4 is 15.2 Å². The van der Waals surface area contributed by atoms with Crippen LogP contribution in [0.5, 0.6) is 0 Å². The predicted octanol–water partition coefficient (Wildman–Crippen LogP) is 0.495. The van der Waals surface area contributed by atoms with E-state index >= 15 is 0 Å². The van der Waals surface area contributed by atoms with Gasteiger partial charge < -0.3 is 14.5 Å². The lowest BCUT2D eigenvalue weighted by atomic mass is 10.1. The summed E-state index contributed by atoms with van der Waals surface area (Å²) in [5, 5.41) is 0.00834. The number of hydrogen-bond acceptors (Lipinski definition) is 6. The molecule has 3 rings (SSSR count). The summed E-state index contributed by atoms with van der Waals surface area (Å²) in [4.78, 5) is 24.4. The fourth-order valence-electron chi connectivity index (χ4n) is 2.85. The monoisotopic (exact) mass is 366 g/mol. The van der Waals surface area contributed by atoms with Gasteiger partial charge >= 0.3 is 0 Å². The molecule has 25 heavy (non-hydrogen) atoms. The number of hydrogen-bond donors (Lipinski definition) is 2. The number of rotatable bonds is 5. The quantitative estimate of drug-likeness (QED) is 0.796. The Morgan fingerprint density at radius 3 is 2.84 bits per heavy atom. The number of piperidine rings is 1. The number of H-pyrrole nitrogens is 1. The lowest BCUT2D eigenvalue weighted by molar-refractivity contribution is 0.462.